The summed E-state index contributed by atoms with van der Waals surface area (Å²) in [6.07, 6.45) is 4.47. The van der Waals surface area contributed by atoms with Crippen LogP contribution < -0.4 is 10.9 Å². The molecule has 0 bridgehead atoms. The van der Waals surface area contributed by atoms with Gasteiger partial charge in [0.1, 0.15) is 0 Å². The van der Waals surface area contributed by atoms with Crippen molar-refractivity contribution < 1.29 is 14.3 Å². The van der Waals surface area contributed by atoms with Crippen molar-refractivity contribution in [3.8, 4) is 0 Å². The zero-order chi connectivity index (χ0) is 11.5. The van der Waals surface area contributed by atoms with Crippen molar-refractivity contribution in [2.24, 2.45) is 0 Å². The third-order valence-corrected chi connectivity index (χ3v) is 1.82. The highest BCUT2D eigenvalue weighted by Crippen LogP contribution is 1.96. The molecule has 0 aliphatic rings. The van der Waals surface area contributed by atoms with Crippen molar-refractivity contribution >= 4 is 11.9 Å². The van der Waals surface area contributed by atoms with Gasteiger partial charge in [-0.25, -0.2) is 10.2 Å². The van der Waals surface area contributed by atoms with Crippen LogP contribution in [0, 0.1) is 0 Å². The van der Waals surface area contributed by atoms with E-state index in [2.05, 4.69) is 22.5 Å². The lowest BCUT2D eigenvalue weighted by molar-refractivity contribution is -0.155. The Morgan fingerprint density at radius 2 is 1.87 bits per heavy atom. The predicted molar refractivity (Wildman–Crippen MR) is 56.9 cm³/mol. The second-order valence-corrected chi connectivity index (χ2v) is 3.16. The maximum Gasteiger partial charge on any atom is 0.398 e. The summed E-state index contributed by atoms with van der Waals surface area (Å²) >= 11 is 0. The van der Waals surface area contributed by atoms with Gasteiger partial charge in [-0.3, -0.25) is 10.2 Å². The molecule has 1 amide bonds. The standard InChI is InChI=1S/C10H20N2O3/c1-3-5-6-7-8-11-12-9(13)10(14)15-4-2/h11H,3-8H2,1-2H3,(H,12,13). The highest BCUT2D eigenvalue weighted by molar-refractivity contribution is 6.32. The molecule has 0 aliphatic heterocycles. The second-order valence-electron chi connectivity index (χ2n) is 3.16. The van der Waals surface area contributed by atoms with Crippen molar-refractivity contribution in [3.05, 3.63) is 0 Å². The highest BCUT2D eigenvalue weighted by atomic mass is 16.5. The zero-order valence-electron chi connectivity index (χ0n) is 9.47. The zero-order valence-corrected chi connectivity index (χ0v) is 9.47. The first-order valence-corrected chi connectivity index (χ1v) is 5.42. The Morgan fingerprint density at radius 3 is 2.47 bits per heavy atom. The van der Waals surface area contributed by atoms with Crippen LogP contribution in [0.3, 0.4) is 0 Å². The van der Waals surface area contributed by atoms with Gasteiger partial charge in [-0.2, -0.15) is 0 Å². The van der Waals surface area contributed by atoms with Gasteiger partial charge in [-0.15, -0.1) is 0 Å². The number of ether oxygens (including phenoxy) is 1. The van der Waals surface area contributed by atoms with Gasteiger partial charge in [0, 0.05) is 6.54 Å². The van der Waals surface area contributed by atoms with E-state index in [0.29, 0.717) is 6.54 Å². The number of carbonyl (C=O) groups is 2. The van der Waals surface area contributed by atoms with Crippen LogP contribution in [0.1, 0.15) is 39.5 Å². The smallest absolute Gasteiger partial charge is 0.398 e. The summed E-state index contributed by atoms with van der Waals surface area (Å²) in [5.74, 6) is -1.59. The van der Waals surface area contributed by atoms with Gasteiger partial charge in [-0.05, 0) is 13.3 Å². The van der Waals surface area contributed by atoms with E-state index in [1.54, 1.807) is 6.92 Å². The van der Waals surface area contributed by atoms with Crippen molar-refractivity contribution in [3.63, 3.8) is 0 Å². The van der Waals surface area contributed by atoms with E-state index in [1.165, 1.54) is 12.8 Å². The van der Waals surface area contributed by atoms with E-state index in [0.717, 1.165) is 12.8 Å². The molecule has 0 fully saturated rings. The summed E-state index contributed by atoms with van der Waals surface area (Å²) in [4.78, 5) is 21.8. The van der Waals surface area contributed by atoms with Crippen molar-refractivity contribution in [1.82, 2.24) is 10.9 Å². The predicted octanol–water partition coefficient (Wildman–Crippen LogP) is 0.751. The molecule has 0 atom stereocenters. The van der Waals surface area contributed by atoms with E-state index in [9.17, 15) is 9.59 Å². The minimum Gasteiger partial charge on any atom is -0.459 e. The molecule has 5 heteroatoms. The number of esters is 1. The molecule has 0 aromatic rings. The minimum atomic E-state index is -0.849. The molecule has 15 heavy (non-hydrogen) atoms. The topological polar surface area (TPSA) is 67.4 Å². The number of nitrogens with one attached hydrogen (secondary N) is 2. The lowest BCUT2D eigenvalue weighted by Gasteiger charge is -2.05. The first-order valence-electron chi connectivity index (χ1n) is 5.42. The van der Waals surface area contributed by atoms with Gasteiger partial charge in [0.15, 0.2) is 0 Å². The lowest BCUT2D eigenvalue weighted by Crippen LogP contribution is -2.42. The van der Waals surface area contributed by atoms with Crippen molar-refractivity contribution in [2.45, 2.75) is 39.5 Å². The van der Waals surface area contributed by atoms with E-state index in [4.69, 9.17) is 0 Å². The Morgan fingerprint density at radius 1 is 1.13 bits per heavy atom. The summed E-state index contributed by atoms with van der Waals surface area (Å²) in [5, 5.41) is 0. The summed E-state index contributed by atoms with van der Waals surface area (Å²) in [5.41, 5.74) is 4.96. The Balaban J connectivity index is 3.35. The van der Waals surface area contributed by atoms with Crippen LogP contribution in [0.15, 0.2) is 0 Å². The van der Waals surface area contributed by atoms with Gasteiger partial charge >= 0.3 is 11.9 Å². The Kier molecular flexibility index (Phi) is 8.76. The van der Waals surface area contributed by atoms with E-state index < -0.39 is 11.9 Å². The molecule has 0 spiro atoms. The largest absolute Gasteiger partial charge is 0.459 e. The molecule has 0 radical (unpaired) electrons. The van der Waals surface area contributed by atoms with Crippen LogP contribution in [-0.2, 0) is 14.3 Å². The average molecular weight is 216 g/mol. The molecule has 0 aliphatic carbocycles. The fourth-order valence-electron chi connectivity index (χ4n) is 1.03. The van der Waals surface area contributed by atoms with Gasteiger partial charge in [0.05, 0.1) is 6.61 Å². The Bertz CT molecular complexity index is 195. The van der Waals surface area contributed by atoms with Crippen LogP contribution in [0.5, 0.6) is 0 Å². The first-order chi connectivity index (χ1) is 7.22. The van der Waals surface area contributed by atoms with Gasteiger partial charge < -0.3 is 4.74 Å². The first kappa shape index (κ1) is 13.9. The monoisotopic (exact) mass is 216 g/mol. The lowest BCUT2D eigenvalue weighted by atomic mass is 10.2. The molecule has 0 rings (SSSR count). The van der Waals surface area contributed by atoms with Crippen molar-refractivity contribution in [2.75, 3.05) is 13.2 Å². The van der Waals surface area contributed by atoms with Gasteiger partial charge in [0.25, 0.3) is 0 Å². The number of hydrazine groups is 1. The molecule has 0 saturated carbocycles. The fraction of sp³-hybridized carbons (Fsp3) is 0.800. The second kappa shape index (κ2) is 9.45. The average Bonchev–Trinajstić information content (AvgIpc) is 2.23. The molecular formula is C10H20N2O3. The Hall–Kier alpha value is -1.10. The molecule has 0 aromatic heterocycles. The number of rotatable bonds is 7. The SMILES string of the molecule is CCCCCCNNC(=O)C(=O)OCC. The molecule has 2 N–H and O–H groups in total. The number of amides is 1. The molecule has 5 nitrogen and oxygen atoms in total. The molecule has 0 heterocycles. The minimum absolute atomic E-state index is 0.211. The van der Waals surface area contributed by atoms with Crippen LogP contribution >= 0.6 is 0 Å². The third-order valence-electron chi connectivity index (χ3n) is 1.82. The number of hydrogen-bond donors (Lipinski definition) is 2. The van der Waals surface area contributed by atoms with Crippen molar-refractivity contribution in [1.29, 1.82) is 0 Å². The van der Waals surface area contributed by atoms with Crippen LogP contribution in [0.25, 0.3) is 0 Å². The van der Waals surface area contributed by atoms with Crippen LogP contribution in [0.2, 0.25) is 0 Å². The molecule has 0 aromatic carbocycles. The van der Waals surface area contributed by atoms with Crippen LogP contribution in [0.4, 0.5) is 0 Å². The van der Waals surface area contributed by atoms with Gasteiger partial charge in [0.2, 0.25) is 0 Å². The number of hydrogen-bond acceptors (Lipinski definition) is 4. The molecule has 88 valence electrons. The van der Waals surface area contributed by atoms with E-state index >= 15 is 0 Å². The molecular weight excluding hydrogens is 196 g/mol. The quantitative estimate of drug-likeness (QED) is 0.285. The molecule has 0 saturated heterocycles. The van der Waals surface area contributed by atoms with Gasteiger partial charge in [-0.1, -0.05) is 26.2 Å². The fourth-order valence-corrected chi connectivity index (χ4v) is 1.03. The highest BCUT2D eigenvalue weighted by Gasteiger charge is 2.12. The Labute approximate surface area is 90.5 Å². The van der Waals surface area contributed by atoms with Crippen LogP contribution in [-0.4, -0.2) is 25.0 Å². The summed E-state index contributed by atoms with van der Waals surface area (Å²) < 4.78 is 4.51. The third kappa shape index (κ3) is 7.93. The summed E-state index contributed by atoms with van der Waals surface area (Å²) in [7, 11) is 0. The van der Waals surface area contributed by atoms with E-state index in [1.807, 2.05) is 0 Å². The maximum atomic E-state index is 11.0. The molecule has 0 unspecified atom stereocenters. The number of carbonyl (C=O) groups excluding carboxylic acids is 2. The number of unbranched alkanes of at least 4 members (excludes halogenated alkanes) is 3. The maximum absolute atomic E-state index is 11.0. The van der Waals surface area contributed by atoms with E-state index in [-0.39, 0.29) is 6.61 Å². The normalized spacial score (nSPS) is 9.73. The summed E-state index contributed by atoms with van der Waals surface area (Å²) in [6.45, 7) is 4.67. The summed E-state index contributed by atoms with van der Waals surface area (Å²) in [6, 6.07) is 0.